The van der Waals surface area contributed by atoms with Crippen molar-refractivity contribution in [3.63, 3.8) is 0 Å². The lowest BCUT2D eigenvalue weighted by Crippen LogP contribution is -2.55. The summed E-state index contributed by atoms with van der Waals surface area (Å²) in [7, 11) is -1.42. The maximum atomic E-state index is 5.42. The number of rotatable bonds is 4. The second-order valence-corrected chi connectivity index (χ2v) is 12.9. The molecule has 7 rings (SSSR count). The second kappa shape index (κ2) is 9.61. The molecule has 3 heterocycles. The highest BCUT2D eigenvalue weighted by atomic mass is 28.3. The highest BCUT2D eigenvalue weighted by Gasteiger charge is 2.48. The van der Waals surface area contributed by atoms with Crippen molar-refractivity contribution in [2.24, 2.45) is 0 Å². The highest BCUT2D eigenvalue weighted by molar-refractivity contribution is 6.85. The number of aromatic nitrogens is 2. The third-order valence-electron chi connectivity index (χ3n) is 8.07. The number of hydrogen-bond donors (Lipinski definition) is 0. The molecule has 1 aliphatic rings. The number of fused-ring (bicyclic) bond motifs is 2. The van der Waals surface area contributed by atoms with Crippen LogP contribution in [-0.4, -0.2) is 18.8 Å². The summed E-state index contributed by atoms with van der Waals surface area (Å²) >= 11 is 0. The zero-order valence-corrected chi connectivity index (χ0v) is 23.0. The molecule has 3 heteroatoms. The number of hydrogen-bond acceptors (Lipinski definition) is 2. The third-order valence-corrected chi connectivity index (χ3v) is 10.9. The molecule has 0 spiro atoms. The van der Waals surface area contributed by atoms with E-state index in [2.05, 4.69) is 140 Å². The van der Waals surface area contributed by atoms with Crippen molar-refractivity contribution in [1.29, 1.82) is 0 Å². The molecule has 0 saturated heterocycles. The van der Waals surface area contributed by atoms with Crippen LogP contribution in [0.1, 0.15) is 22.5 Å². The summed E-state index contributed by atoms with van der Waals surface area (Å²) in [5.41, 5.74) is 8.14. The van der Waals surface area contributed by atoms with Crippen LogP contribution in [-0.2, 0) is 5.41 Å². The lowest BCUT2D eigenvalue weighted by molar-refractivity contribution is 0.694. The molecule has 0 fully saturated rings. The first kappa shape index (κ1) is 23.5. The number of nitrogens with zero attached hydrogens (tertiary/aromatic N) is 2. The van der Waals surface area contributed by atoms with Crippen molar-refractivity contribution < 1.29 is 0 Å². The van der Waals surface area contributed by atoms with Crippen LogP contribution in [0.5, 0.6) is 0 Å². The Bertz CT molecular complexity index is 1650. The molecule has 0 atom stereocenters. The van der Waals surface area contributed by atoms with E-state index in [1.54, 1.807) is 0 Å². The average molecular weight is 517 g/mol. The van der Waals surface area contributed by atoms with E-state index in [0.717, 1.165) is 33.9 Å². The van der Waals surface area contributed by atoms with Gasteiger partial charge in [0, 0.05) is 11.1 Å². The quantitative estimate of drug-likeness (QED) is 0.251. The Hall–Kier alpha value is -4.60. The monoisotopic (exact) mass is 516 g/mol. The maximum absolute atomic E-state index is 5.42. The molecule has 0 N–H and O–H groups in total. The Morgan fingerprint density at radius 2 is 0.846 bits per heavy atom. The summed E-state index contributed by atoms with van der Waals surface area (Å²) < 4.78 is 0. The first-order chi connectivity index (χ1) is 19.3. The maximum Gasteiger partial charge on any atom is 0.104 e. The Kier molecular flexibility index (Phi) is 5.79. The van der Waals surface area contributed by atoms with Crippen LogP contribution in [0.3, 0.4) is 0 Å². The predicted octanol–water partition coefficient (Wildman–Crippen LogP) is 6.48. The summed E-state index contributed by atoms with van der Waals surface area (Å²) in [5, 5.41) is 2.91. The Labute approximate surface area is 231 Å². The van der Waals surface area contributed by atoms with Crippen LogP contribution in [0.2, 0.25) is 6.55 Å². The van der Waals surface area contributed by atoms with Crippen molar-refractivity contribution in [2.75, 3.05) is 0 Å². The fourth-order valence-corrected chi connectivity index (χ4v) is 8.95. The van der Waals surface area contributed by atoms with Crippen molar-refractivity contribution in [3.05, 3.63) is 168 Å². The van der Waals surface area contributed by atoms with E-state index in [1.807, 2.05) is 12.1 Å². The minimum absolute atomic E-state index is 0.637. The van der Waals surface area contributed by atoms with E-state index in [-0.39, 0.29) is 0 Å². The van der Waals surface area contributed by atoms with Gasteiger partial charge in [0.15, 0.2) is 0 Å². The molecular weight excluding hydrogens is 488 g/mol. The molecule has 0 bridgehead atoms. The van der Waals surface area contributed by atoms with Gasteiger partial charge in [-0.05, 0) is 35.4 Å². The molecule has 0 aliphatic carbocycles. The van der Waals surface area contributed by atoms with E-state index >= 15 is 0 Å². The van der Waals surface area contributed by atoms with E-state index in [0.29, 0.717) is 0 Å². The Morgan fingerprint density at radius 1 is 0.436 bits per heavy atom. The summed E-state index contributed by atoms with van der Waals surface area (Å²) in [6.45, 7) is 2.45. The molecule has 4 aromatic carbocycles. The van der Waals surface area contributed by atoms with Gasteiger partial charge >= 0.3 is 0 Å². The topological polar surface area (TPSA) is 25.8 Å². The molecule has 39 heavy (non-hydrogen) atoms. The van der Waals surface area contributed by atoms with E-state index in [4.69, 9.17) is 9.97 Å². The predicted molar refractivity (Wildman–Crippen MR) is 163 cm³/mol. The summed E-state index contributed by atoms with van der Waals surface area (Å²) in [4.78, 5) is 10.8. The normalized spacial score (nSPS) is 13.9. The molecule has 186 valence electrons. The first-order valence-electron chi connectivity index (χ1n) is 13.5. The zero-order chi connectivity index (χ0) is 26.2. The Morgan fingerprint density at radius 3 is 1.31 bits per heavy atom. The van der Waals surface area contributed by atoms with Gasteiger partial charge in [0.2, 0.25) is 0 Å². The minimum Gasteiger partial charge on any atom is -0.251 e. The van der Waals surface area contributed by atoms with Gasteiger partial charge in [-0.25, -0.2) is 0 Å². The largest absolute Gasteiger partial charge is 0.251 e. The van der Waals surface area contributed by atoms with Crippen molar-refractivity contribution >= 4 is 19.2 Å². The number of benzene rings is 4. The van der Waals surface area contributed by atoms with Crippen LogP contribution >= 0.6 is 0 Å². The average Bonchev–Trinajstić information content (AvgIpc) is 3.03. The fourth-order valence-electron chi connectivity index (χ4n) is 6.25. The lowest BCUT2D eigenvalue weighted by atomic mass is 9.68. The fraction of sp³-hybridized carbons (Fsp3) is 0.0556. The van der Waals surface area contributed by atoms with Crippen molar-refractivity contribution in [3.8, 4) is 22.5 Å². The standard InChI is InChI=1S/C36H28N2Si/c1-39-32-22-10-8-18-28(32)36(29-19-9-11-23-33(29)39,34-24-12-20-30(37-34)26-14-4-2-5-15-26)35-25-13-21-31(38-35)27-16-6-3-7-17-27/h2-25,39H,1H3. The number of pyridine rings is 2. The van der Waals surface area contributed by atoms with Gasteiger partial charge in [0.05, 0.1) is 22.8 Å². The van der Waals surface area contributed by atoms with E-state index in [1.165, 1.54) is 21.5 Å². The SMILES string of the molecule is C[SiH]1c2ccccc2C(c2cccc(-c3ccccc3)n2)(c2cccc(-c3ccccc3)n2)c2ccccc21. The summed E-state index contributed by atoms with van der Waals surface area (Å²) in [6.07, 6.45) is 0. The van der Waals surface area contributed by atoms with E-state index in [9.17, 15) is 0 Å². The van der Waals surface area contributed by atoms with Gasteiger partial charge < -0.3 is 0 Å². The molecule has 0 saturated carbocycles. The molecule has 1 aliphatic heterocycles. The summed E-state index contributed by atoms with van der Waals surface area (Å²) in [5.74, 6) is 0. The van der Waals surface area contributed by atoms with Gasteiger partial charge in [-0.2, -0.15) is 0 Å². The van der Waals surface area contributed by atoms with Crippen LogP contribution in [0.25, 0.3) is 22.5 Å². The van der Waals surface area contributed by atoms with Crippen LogP contribution < -0.4 is 10.4 Å². The molecule has 2 nitrogen and oxygen atoms in total. The van der Waals surface area contributed by atoms with Gasteiger partial charge in [-0.1, -0.05) is 138 Å². The molecule has 6 aromatic rings. The van der Waals surface area contributed by atoms with Crippen LogP contribution in [0.4, 0.5) is 0 Å². The van der Waals surface area contributed by atoms with Crippen molar-refractivity contribution in [2.45, 2.75) is 12.0 Å². The van der Waals surface area contributed by atoms with Crippen LogP contribution in [0.15, 0.2) is 146 Å². The van der Waals surface area contributed by atoms with E-state index < -0.39 is 14.2 Å². The molecule has 0 amide bonds. The zero-order valence-electron chi connectivity index (χ0n) is 21.8. The Balaban J connectivity index is 1.59. The van der Waals surface area contributed by atoms with Crippen molar-refractivity contribution in [1.82, 2.24) is 9.97 Å². The smallest absolute Gasteiger partial charge is 0.104 e. The van der Waals surface area contributed by atoms with Gasteiger partial charge in [-0.3, -0.25) is 9.97 Å². The van der Waals surface area contributed by atoms with Gasteiger partial charge in [-0.15, -0.1) is 0 Å². The van der Waals surface area contributed by atoms with Gasteiger partial charge in [0.1, 0.15) is 14.2 Å². The second-order valence-electron chi connectivity index (χ2n) is 10.2. The molecule has 0 unspecified atom stereocenters. The van der Waals surface area contributed by atoms with Gasteiger partial charge in [0.25, 0.3) is 0 Å². The molecular formula is C36H28N2Si. The molecule has 0 radical (unpaired) electrons. The third kappa shape index (κ3) is 3.77. The van der Waals surface area contributed by atoms with Crippen LogP contribution in [0, 0.1) is 0 Å². The lowest BCUT2D eigenvalue weighted by Gasteiger charge is -2.42. The summed E-state index contributed by atoms with van der Waals surface area (Å²) in [6, 6.07) is 51.8. The highest BCUT2D eigenvalue weighted by Crippen LogP contribution is 2.45. The minimum atomic E-state index is -1.42. The molecule has 2 aromatic heterocycles. The first-order valence-corrected chi connectivity index (χ1v) is 15.8.